The van der Waals surface area contributed by atoms with Gasteiger partial charge in [-0.25, -0.2) is 8.42 Å². The smallest absolute Gasteiger partial charge is 0.324 e. The van der Waals surface area contributed by atoms with Crippen molar-refractivity contribution in [3.8, 4) is 5.75 Å². The Morgan fingerprint density at radius 2 is 1.82 bits per heavy atom. The number of hydrogen-bond donors (Lipinski definition) is 3. The Labute approximate surface area is 130 Å². The third-order valence-electron chi connectivity index (χ3n) is 3.50. The van der Waals surface area contributed by atoms with E-state index in [1.165, 1.54) is 14.0 Å². The van der Waals surface area contributed by atoms with Crippen LogP contribution in [0.5, 0.6) is 5.75 Å². The molecule has 0 aromatic heterocycles. The number of ether oxygens (including phenoxy) is 1. The van der Waals surface area contributed by atoms with E-state index in [0.29, 0.717) is 22.4 Å². The number of carboxylic acid groups (broad SMARTS) is 1. The van der Waals surface area contributed by atoms with Gasteiger partial charge in [-0.15, -0.1) is 0 Å². The first-order valence-electron chi connectivity index (χ1n) is 6.61. The predicted octanol–water partition coefficient (Wildman–Crippen LogP) is 0.733. The van der Waals surface area contributed by atoms with Crippen molar-refractivity contribution < 1.29 is 28.2 Å². The summed E-state index contributed by atoms with van der Waals surface area (Å²) in [6.45, 7) is 6.15. The average Bonchev–Trinajstić information content (AvgIpc) is 2.39. The number of methoxy groups -OCH3 is 1. The van der Waals surface area contributed by atoms with Gasteiger partial charge >= 0.3 is 5.97 Å². The van der Waals surface area contributed by atoms with Crippen molar-refractivity contribution in [1.29, 1.82) is 0 Å². The first kappa shape index (κ1) is 18.4. The van der Waals surface area contributed by atoms with Crippen LogP contribution in [-0.2, 0) is 14.8 Å². The van der Waals surface area contributed by atoms with Gasteiger partial charge in [-0.05, 0) is 50.5 Å². The SMILES string of the molecule is COc1cc(C)c(S(=O)(=O)N[C@H](C(=O)O)[C@@H](C)O)c(C)c1C. The van der Waals surface area contributed by atoms with Crippen LogP contribution in [0, 0.1) is 20.8 Å². The van der Waals surface area contributed by atoms with Gasteiger partial charge in [-0.3, -0.25) is 4.79 Å². The van der Waals surface area contributed by atoms with Crippen molar-refractivity contribution >= 4 is 16.0 Å². The van der Waals surface area contributed by atoms with Gasteiger partial charge in [0, 0.05) is 0 Å². The quantitative estimate of drug-likeness (QED) is 0.708. The zero-order valence-corrected chi connectivity index (χ0v) is 14.0. The van der Waals surface area contributed by atoms with Crippen LogP contribution in [0.4, 0.5) is 0 Å². The van der Waals surface area contributed by atoms with Gasteiger partial charge in [-0.1, -0.05) is 0 Å². The molecule has 0 radical (unpaired) electrons. The lowest BCUT2D eigenvalue weighted by molar-refractivity contribution is -0.141. The molecule has 0 aliphatic carbocycles. The zero-order valence-electron chi connectivity index (χ0n) is 13.2. The predicted molar refractivity (Wildman–Crippen MR) is 80.6 cm³/mol. The van der Waals surface area contributed by atoms with E-state index >= 15 is 0 Å². The van der Waals surface area contributed by atoms with E-state index in [-0.39, 0.29) is 4.90 Å². The first-order chi connectivity index (χ1) is 10.0. The maximum atomic E-state index is 12.5. The third-order valence-corrected chi connectivity index (χ3v) is 5.23. The van der Waals surface area contributed by atoms with Gasteiger partial charge in [-0.2, -0.15) is 4.72 Å². The van der Waals surface area contributed by atoms with Crippen molar-refractivity contribution in [1.82, 2.24) is 4.72 Å². The number of rotatable bonds is 6. The summed E-state index contributed by atoms with van der Waals surface area (Å²) in [6, 6.07) is -0.0408. The molecular weight excluding hydrogens is 310 g/mol. The summed E-state index contributed by atoms with van der Waals surface area (Å²) < 4.78 is 32.3. The van der Waals surface area contributed by atoms with E-state index in [4.69, 9.17) is 9.84 Å². The Morgan fingerprint density at radius 1 is 1.27 bits per heavy atom. The number of benzene rings is 1. The molecule has 8 heteroatoms. The van der Waals surface area contributed by atoms with E-state index in [0.717, 1.165) is 0 Å². The van der Waals surface area contributed by atoms with Crippen LogP contribution in [0.3, 0.4) is 0 Å². The molecule has 0 amide bonds. The topological polar surface area (TPSA) is 113 Å². The van der Waals surface area contributed by atoms with Gasteiger partial charge in [0.05, 0.1) is 18.1 Å². The molecule has 0 spiro atoms. The number of hydrogen-bond acceptors (Lipinski definition) is 5. The molecule has 0 saturated heterocycles. The molecule has 1 aromatic rings. The van der Waals surface area contributed by atoms with Crippen LogP contribution in [-0.4, -0.2) is 43.9 Å². The normalized spacial score (nSPS) is 14.5. The zero-order chi connectivity index (χ0) is 17.2. The Balaban J connectivity index is 3.41. The molecule has 0 unspecified atom stereocenters. The van der Waals surface area contributed by atoms with Crippen molar-refractivity contribution in [2.24, 2.45) is 0 Å². The van der Waals surface area contributed by atoms with E-state index in [1.54, 1.807) is 26.8 Å². The molecule has 0 saturated carbocycles. The maximum absolute atomic E-state index is 12.5. The van der Waals surface area contributed by atoms with E-state index < -0.39 is 28.1 Å². The highest BCUT2D eigenvalue weighted by Crippen LogP contribution is 2.30. The highest BCUT2D eigenvalue weighted by atomic mass is 32.2. The number of aliphatic carboxylic acids is 1. The minimum absolute atomic E-state index is 0.00213. The number of sulfonamides is 1. The molecule has 0 aliphatic rings. The minimum atomic E-state index is -4.10. The monoisotopic (exact) mass is 331 g/mol. The van der Waals surface area contributed by atoms with Crippen molar-refractivity contribution in [2.75, 3.05) is 7.11 Å². The summed E-state index contributed by atoms with van der Waals surface area (Å²) in [5.74, 6) is -0.890. The van der Waals surface area contributed by atoms with Crippen LogP contribution >= 0.6 is 0 Å². The number of carbonyl (C=O) groups is 1. The lowest BCUT2D eigenvalue weighted by Crippen LogP contribution is -2.47. The Bertz CT molecular complexity index is 681. The summed E-state index contributed by atoms with van der Waals surface area (Å²) in [4.78, 5) is 11.1. The van der Waals surface area contributed by atoms with E-state index in [1.807, 2.05) is 4.72 Å². The summed E-state index contributed by atoms with van der Waals surface area (Å²) in [5, 5.41) is 18.5. The van der Waals surface area contributed by atoms with Crippen LogP contribution in [0.25, 0.3) is 0 Å². The molecule has 7 nitrogen and oxygen atoms in total. The number of aliphatic hydroxyl groups is 1. The van der Waals surface area contributed by atoms with Crippen LogP contribution in [0.2, 0.25) is 0 Å². The summed E-state index contributed by atoms with van der Waals surface area (Å²) >= 11 is 0. The molecule has 1 aromatic carbocycles. The largest absolute Gasteiger partial charge is 0.496 e. The highest BCUT2D eigenvalue weighted by molar-refractivity contribution is 7.89. The number of nitrogens with one attached hydrogen (secondary N) is 1. The second kappa shape index (κ2) is 6.64. The fourth-order valence-corrected chi connectivity index (χ4v) is 4.02. The fraction of sp³-hybridized carbons (Fsp3) is 0.500. The average molecular weight is 331 g/mol. The van der Waals surface area contributed by atoms with Crippen molar-refractivity contribution in [2.45, 2.75) is 44.7 Å². The number of aliphatic hydroxyl groups excluding tert-OH is 1. The molecule has 0 bridgehead atoms. The lowest BCUT2D eigenvalue weighted by Gasteiger charge is -2.20. The molecule has 0 aliphatic heterocycles. The van der Waals surface area contributed by atoms with Crippen LogP contribution in [0.15, 0.2) is 11.0 Å². The van der Waals surface area contributed by atoms with Crippen molar-refractivity contribution in [3.05, 3.63) is 22.8 Å². The van der Waals surface area contributed by atoms with Gasteiger partial charge in [0.15, 0.2) is 0 Å². The lowest BCUT2D eigenvalue weighted by atomic mass is 10.1. The molecule has 1 rings (SSSR count). The summed E-state index contributed by atoms with van der Waals surface area (Å²) in [7, 11) is -2.62. The Morgan fingerprint density at radius 3 is 2.23 bits per heavy atom. The third kappa shape index (κ3) is 3.57. The Kier molecular flexibility index (Phi) is 5.55. The molecule has 124 valence electrons. The molecular formula is C14H21NO6S. The van der Waals surface area contributed by atoms with Gasteiger partial charge in [0.2, 0.25) is 10.0 Å². The van der Waals surface area contributed by atoms with Gasteiger partial charge in [0.1, 0.15) is 11.8 Å². The van der Waals surface area contributed by atoms with Gasteiger partial charge < -0.3 is 14.9 Å². The summed E-state index contributed by atoms with van der Waals surface area (Å²) in [6.07, 6.45) is -1.37. The van der Waals surface area contributed by atoms with Crippen LogP contribution in [0.1, 0.15) is 23.6 Å². The summed E-state index contributed by atoms with van der Waals surface area (Å²) in [5.41, 5.74) is 1.55. The second-order valence-corrected chi connectivity index (χ2v) is 6.80. The highest BCUT2D eigenvalue weighted by Gasteiger charge is 2.31. The number of carboxylic acids is 1. The van der Waals surface area contributed by atoms with E-state index in [2.05, 4.69) is 0 Å². The first-order valence-corrected chi connectivity index (χ1v) is 8.09. The van der Waals surface area contributed by atoms with E-state index in [9.17, 15) is 18.3 Å². The number of aryl methyl sites for hydroxylation is 1. The molecule has 0 fully saturated rings. The molecule has 0 heterocycles. The minimum Gasteiger partial charge on any atom is -0.496 e. The van der Waals surface area contributed by atoms with Crippen molar-refractivity contribution in [3.63, 3.8) is 0 Å². The van der Waals surface area contributed by atoms with Crippen LogP contribution < -0.4 is 9.46 Å². The Hall–Kier alpha value is -1.64. The second-order valence-electron chi connectivity index (χ2n) is 5.15. The molecule has 22 heavy (non-hydrogen) atoms. The standard InChI is InChI=1S/C14H21NO6S/c1-7-6-11(21-5)8(2)9(3)13(7)22(19,20)15-12(10(4)16)14(17)18/h6,10,12,15-16H,1-5H3,(H,17,18)/t10-,12+/m1/s1. The van der Waals surface area contributed by atoms with Gasteiger partial charge in [0.25, 0.3) is 0 Å². The molecule has 3 N–H and O–H groups in total. The molecule has 2 atom stereocenters. The maximum Gasteiger partial charge on any atom is 0.324 e. The fourth-order valence-electron chi connectivity index (χ4n) is 2.23.